The first-order valence-corrected chi connectivity index (χ1v) is 10.9. The van der Waals surface area contributed by atoms with Crippen LogP contribution in [0.4, 0.5) is 0 Å². The van der Waals surface area contributed by atoms with Crippen molar-refractivity contribution in [2.75, 3.05) is 25.1 Å². The standard InChI is InChI=1S/C18H30ClN3O2S/c1-6-20-17(21-13-18(3,4)11-12-25(5,23)24)22-14(2)15-7-9-16(19)10-8-15/h7-10,14H,6,11-13H2,1-5H3,(H2,20,21,22). The highest BCUT2D eigenvalue weighted by atomic mass is 35.5. The van der Waals surface area contributed by atoms with E-state index >= 15 is 0 Å². The van der Waals surface area contributed by atoms with Crippen LogP contribution in [0.1, 0.15) is 45.7 Å². The summed E-state index contributed by atoms with van der Waals surface area (Å²) in [5, 5.41) is 7.32. The highest BCUT2D eigenvalue weighted by molar-refractivity contribution is 7.90. The van der Waals surface area contributed by atoms with Crippen molar-refractivity contribution in [1.82, 2.24) is 10.6 Å². The molecule has 0 saturated heterocycles. The van der Waals surface area contributed by atoms with Crippen LogP contribution in [0.15, 0.2) is 29.3 Å². The molecule has 0 aromatic heterocycles. The van der Waals surface area contributed by atoms with Gasteiger partial charge in [0.15, 0.2) is 5.96 Å². The molecule has 0 amide bonds. The van der Waals surface area contributed by atoms with E-state index in [0.717, 1.165) is 18.1 Å². The largest absolute Gasteiger partial charge is 0.357 e. The minimum atomic E-state index is -2.96. The van der Waals surface area contributed by atoms with E-state index in [9.17, 15) is 8.42 Å². The number of guanidine groups is 1. The number of aliphatic imine (C=N–C) groups is 1. The van der Waals surface area contributed by atoms with Gasteiger partial charge in [-0.2, -0.15) is 0 Å². The van der Waals surface area contributed by atoms with Crippen LogP contribution in [0.25, 0.3) is 0 Å². The summed E-state index contributed by atoms with van der Waals surface area (Å²) in [6, 6.07) is 7.79. The summed E-state index contributed by atoms with van der Waals surface area (Å²) in [6.07, 6.45) is 1.85. The number of sulfone groups is 1. The lowest BCUT2D eigenvalue weighted by molar-refractivity contribution is 0.365. The third-order valence-corrected chi connectivity index (χ3v) is 5.08. The minimum absolute atomic E-state index is 0.0780. The number of rotatable bonds is 8. The van der Waals surface area contributed by atoms with Gasteiger partial charge in [-0.1, -0.05) is 37.6 Å². The summed E-state index contributed by atoms with van der Waals surface area (Å²) >= 11 is 5.93. The van der Waals surface area contributed by atoms with Crippen molar-refractivity contribution < 1.29 is 8.42 Å². The van der Waals surface area contributed by atoms with Gasteiger partial charge in [0.1, 0.15) is 9.84 Å². The Hall–Kier alpha value is -1.27. The summed E-state index contributed by atoms with van der Waals surface area (Å²) in [6.45, 7) is 9.44. The van der Waals surface area contributed by atoms with Gasteiger partial charge < -0.3 is 10.6 Å². The molecule has 0 aliphatic rings. The first kappa shape index (κ1) is 21.8. The summed E-state index contributed by atoms with van der Waals surface area (Å²) in [4.78, 5) is 4.64. The molecule has 2 N–H and O–H groups in total. The second-order valence-corrected chi connectivity index (χ2v) is 9.85. The molecule has 142 valence electrons. The highest BCUT2D eigenvalue weighted by Crippen LogP contribution is 2.21. The number of hydrogen-bond acceptors (Lipinski definition) is 3. The molecule has 0 saturated carbocycles. The van der Waals surface area contributed by atoms with E-state index < -0.39 is 9.84 Å². The smallest absolute Gasteiger partial charge is 0.191 e. The van der Waals surface area contributed by atoms with E-state index in [0.29, 0.717) is 18.0 Å². The molecule has 1 rings (SSSR count). The normalized spacial score (nSPS) is 14.2. The predicted octanol–water partition coefficient (Wildman–Crippen LogP) is 3.42. The van der Waals surface area contributed by atoms with Crippen LogP contribution in [-0.4, -0.2) is 39.5 Å². The van der Waals surface area contributed by atoms with E-state index in [1.54, 1.807) is 0 Å². The van der Waals surface area contributed by atoms with Gasteiger partial charge in [-0.3, -0.25) is 4.99 Å². The fourth-order valence-electron chi connectivity index (χ4n) is 2.19. The van der Waals surface area contributed by atoms with E-state index in [4.69, 9.17) is 11.6 Å². The zero-order chi connectivity index (χ0) is 19.1. The first-order valence-electron chi connectivity index (χ1n) is 8.50. The number of halogens is 1. The molecule has 5 nitrogen and oxygen atoms in total. The molecule has 0 radical (unpaired) electrons. The van der Waals surface area contributed by atoms with Crippen LogP contribution in [0, 0.1) is 5.41 Å². The Morgan fingerprint density at radius 2 is 1.88 bits per heavy atom. The summed E-state index contributed by atoms with van der Waals surface area (Å²) < 4.78 is 22.7. The molecule has 0 bridgehead atoms. The van der Waals surface area contributed by atoms with Gasteiger partial charge in [-0.15, -0.1) is 0 Å². The third kappa shape index (κ3) is 9.12. The summed E-state index contributed by atoms with van der Waals surface area (Å²) in [5.41, 5.74) is 0.931. The lowest BCUT2D eigenvalue weighted by Crippen LogP contribution is -2.39. The van der Waals surface area contributed by atoms with Gasteiger partial charge >= 0.3 is 0 Å². The second-order valence-electron chi connectivity index (χ2n) is 7.16. The van der Waals surface area contributed by atoms with Crippen molar-refractivity contribution in [2.45, 2.75) is 40.2 Å². The van der Waals surface area contributed by atoms with E-state index in [1.165, 1.54) is 6.26 Å². The van der Waals surface area contributed by atoms with Gasteiger partial charge in [0.2, 0.25) is 0 Å². The van der Waals surface area contributed by atoms with Crippen LogP contribution in [0.2, 0.25) is 5.02 Å². The number of nitrogens with one attached hydrogen (secondary N) is 2. The topological polar surface area (TPSA) is 70.6 Å². The maximum Gasteiger partial charge on any atom is 0.191 e. The van der Waals surface area contributed by atoms with Crippen LogP contribution >= 0.6 is 11.6 Å². The van der Waals surface area contributed by atoms with Crippen LogP contribution in [0.3, 0.4) is 0 Å². The molecule has 1 atom stereocenters. The Morgan fingerprint density at radius 3 is 2.40 bits per heavy atom. The molecule has 0 spiro atoms. The zero-order valence-electron chi connectivity index (χ0n) is 15.8. The van der Waals surface area contributed by atoms with Gasteiger partial charge in [-0.25, -0.2) is 8.42 Å². The van der Waals surface area contributed by atoms with Crippen LogP contribution in [0.5, 0.6) is 0 Å². The molecule has 7 heteroatoms. The molecular weight excluding hydrogens is 358 g/mol. The number of nitrogens with zero attached hydrogens (tertiary/aromatic N) is 1. The van der Waals surface area contributed by atoms with Crippen molar-refractivity contribution in [3.63, 3.8) is 0 Å². The Balaban J connectivity index is 2.73. The van der Waals surface area contributed by atoms with Crippen LogP contribution in [-0.2, 0) is 9.84 Å². The predicted molar refractivity (Wildman–Crippen MR) is 107 cm³/mol. The quantitative estimate of drug-likeness (QED) is 0.529. The number of hydrogen-bond donors (Lipinski definition) is 2. The molecule has 1 aromatic rings. The van der Waals surface area contributed by atoms with Crippen molar-refractivity contribution in [3.05, 3.63) is 34.9 Å². The average Bonchev–Trinajstić information content (AvgIpc) is 2.51. The van der Waals surface area contributed by atoms with E-state index in [-0.39, 0.29) is 17.2 Å². The Kier molecular flexibility index (Phi) is 8.22. The van der Waals surface area contributed by atoms with Crippen molar-refractivity contribution >= 4 is 27.4 Å². The molecule has 0 aliphatic carbocycles. The van der Waals surface area contributed by atoms with Gasteiger partial charge in [0, 0.05) is 24.4 Å². The summed E-state index contributed by atoms with van der Waals surface area (Å²) in [5.74, 6) is 0.901. The fraction of sp³-hybridized carbons (Fsp3) is 0.611. The lowest BCUT2D eigenvalue weighted by Gasteiger charge is -2.24. The molecule has 0 fully saturated rings. The van der Waals surface area contributed by atoms with Crippen molar-refractivity contribution in [1.29, 1.82) is 0 Å². The Bertz CT molecular complexity index is 670. The van der Waals surface area contributed by atoms with Crippen LogP contribution < -0.4 is 10.6 Å². The van der Waals surface area contributed by atoms with Gasteiger partial charge in [-0.05, 0) is 43.4 Å². The molecule has 0 heterocycles. The zero-order valence-corrected chi connectivity index (χ0v) is 17.3. The summed E-state index contributed by atoms with van der Waals surface area (Å²) in [7, 11) is -2.96. The molecule has 0 aliphatic heterocycles. The minimum Gasteiger partial charge on any atom is -0.357 e. The SMILES string of the molecule is CCNC(=NCC(C)(C)CCS(C)(=O)=O)NC(C)c1ccc(Cl)cc1. The first-order chi connectivity index (χ1) is 11.5. The molecule has 1 aromatic carbocycles. The van der Waals surface area contributed by atoms with Crippen molar-refractivity contribution in [2.24, 2.45) is 10.4 Å². The van der Waals surface area contributed by atoms with Gasteiger partial charge in [0.25, 0.3) is 0 Å². The number of benzene rings is 1. The Morgan fingerprint density at radius 1 is 1.28 bits per heavy atom. The Labute approximate surface area is 157 Å². The monoisotopic (exact) mass is 387 g/mol. The second kappa shape index (κ2) is 9.43. The van der Waals surface area contributed by atoms with E-state index in [1.807, 2.05) is 45.0 Å². The van der Waals surface area contributed by atoms with Crippen molar-refractivity contribution in [3.8, 4) is 0 Å². The molecular formula is C18H30ClN3O2S. The highest BCUT2D eigenvalue weighted by Gasteiger charge is 2.20. The maximum absolute atomic E-state index is 11.4. The maximum atomic E-state index is 11.4. The average molecular weight is 388 g/mol. The van der Waals surface area contributed by atoms with Gasteiger partial charge in [0.05, 0.1) is 11.8 Å². The van der Waals surface area contributed by atoms with E-state index in [2.05, 4.69) is 22.5 Å². The molecule has 1 unspecified atom stereocenters. The fourth-order valence-corrected chi connectivity index (χ4v) is 3.24. The lowest BCUT2D eigenvalue weighted by atomic mass is 9.90. The molecule has 25 heavy (non-hydrogen) atoms. The third-order valence-electron chi connectivity index (χ3n) is 3.88.